The summed E-state index contributed by atoms with van der Waals surface area (Å²) in [7, 11) is 1.65. The highest BCUT2D eigenvalue weighted by atomic mass is 16.5. The molecular weight excluding hydrogens is 442 g/mol. The number of unbranched alkanes of at least 4 members (excludes halogenated alkanes) is 2. The number of nitrogens with one attached hydrogen (secondary N) is 1. The number of hydrogen-bond acceptors (Lipinski definition) is 6. The Bertz CT molecular complexity index is 1000. The Labute approximate surface area is 208 Å². The topological polar surface area (TPSA) is 83.9 Å². The largest absolute Gasteiger partial charge is 0.480 e. The number of carbonyl (C=O) groups is 1. The molecule has 7 nitrogen and oxygen atoms in total. The molecule has 0 radical (unpaired) electrons. The smallest absolute Gasteiger partial charge is 0.325 e. The lowest BCUT2D eigenvalue weighted by atomic mass is 9.87. The van der Waals surface area contributed by atoms with Crippen LogP contribution in [0.2, 0.25) is 0 Å². The number of methoxy groups -OCH3 is 1. The normalized spacial score (nSPS) is 17.3. The van der Waals surface area contributed by atoms with Crippen molar-refractivity contribution in [3.05, 3.63) is 58.8 Å². The van der Waals surface area contributed by atoms with Crippen LogP contribution in [0.15, 0.2) is 36.4 Å². The second-order valence-corrected chi connectivity index (χ2v) is 10.1. The van der Waals surface area contributed by atoms with Crippen LogP contribution >= 0.6 is 0 Å². The van der Waals surface area contributed by atoms with Gasteiger partial charge in [-0.3, -0.25) is 9.69 Å². The van der Waals surface area contributed by atoms with Gasteiger partial charge in [-0.05, 0) is 68.7 Å². The van der Waals surface area contributed by atoms with Gasteiger partial charge in [0, 0.05) is 39.0 Å². The molecule has 190 valence electrons. The predicted octanol–water partition coefficient (Wildman–Crippen LogP) is 4.56. The molecule has 1 saturated heterocycles. The maximum absolute atomic E-state index is 12.2. The number of carboxylic acids is 1. The molecule has 2 N–H and O–H groups in total. The fourth-order valence-corrected chi connectivity index (χ4v) is 5.01. The van der Waals surface area contributed by atoms with Crippen molar-refractivity contribution in [2.75, 3.05) is 38.7 Å². The number of likely N-dealkylation sites (tertiary alicyclic amines) is 1. The Balaban J connectivity index is 1.19. The van der Waals surface area contributed by atoms with Gasteiger partial charge in [-0.15, -0.1) is 0 Å². The van der Waals surface area contributed by atoms with Crippen LogP contribution in [-0.4, -0.2) is 60.4 Å². The number of pyridine rings is 1. The molecule has 7 heteroatoms. The average Bonchev–Trinajstić information content (AvgIpc) is 2.84. The molecule has 0 spiro atoms. The number of aliphatic carboxylic acids is 1. The fraction of sp³-hybridized carbons (Fsp3) is 0.571. The summed E-state index contributed by atoms with van der Waals surface area (Å²) in [5.74, 6) is 0.230. The first kappa shape index (κ1) is 25.6. The third-order valence-electron chi connectivity index (χ3n) is 7.27. The third kappa shape index (κ3) is 6.21. The molecule has 0 saturated carbocycles. The van der Waals surface area contributed by atoms with E-state index in [4.69, 9.17) is 14.5 Å². The lowest BCUT2D eigenvalue weighted by Gasteiger charge is -2.43. The number of ether oxygens (including phenoxy) is 2. The summed E-state index contributed by atoms with van der Waals surface area (Å²) in [4.78, 5) is 19.0. The van der Waals surface area contributed by atoms with E-state index in [0.717, 1.165) is 61.3 Å². The monoisotopic (exact) mass is 481 g/mol. The van der Waals surface area contributed by atoms with E-state index in [0.29, 0.717) is 19.7 Å². The van der Waals surface area contributed by atoms with E-state index in [1.807, 2.05) is 43.0 Å². The zero-order chi connectivity index (χ0) is 24.8. The molecule has 2 aromatic rings. The molecule has 0 bridgehead atoms. The second-order valence-electron chi connectivity index (χ2n) is 10.1. The van der Waals surface area contributed by atoms with Crippen LogP contribution in [0.5, 0.6) is 0 Å². The van der Waals surface area contributed by atoms with Crippen molar-refractivity contribution in [3.8, 4) is 0 Å². The van der Waals surface area contributed by atoms with Gasteiger partial charge in [-0.2, -0.15) is 0 Å². The minimum Gasteiger partial charge on any atom is -0.480 e. The van der Waals surface area contributed by atoms with Gasteiger partial charge in [-0.25, -0.2) is 4.98 Å². The number of carboxylic acid groups (broad SMARTS) is 1. The van der Waals surface area contributed by atoms with Crippen molar-refractivity contribution in [1.82, 2.24) is 9.88 Å². The van der Waals surface area contributed by atoms with Crippen molar-refractivity contribution < 1.29 is 19.4 Å². The fourth-order valence-electron chi connectivity index (χ4n) is 5.01. The Morgan fingerprint density at radius 2 is 2.00 bits per heavy atom. The molecule has 4 rings (SSSR count). The van der Waals surface area contributed by atoms with E-state index < -0.39 is 17.6 Å². The molecular formula is C28H39N3O4. The van der Waals surface area contributed by atoms with E-state index in [-0.39, 0.29) is 6.10 Å². The summed E-state index contributed by atoms with van der Waals surface area (Å²) in [5, 5.41) is 13.4. The van der Waals surface area contributed by atoms with Gasteiger partial charge in [0.25, 0.3) is 0 Å². The van der Waals surface area contributed by atoms with Crippen LogP contribution in [0.3, 0.4) is 0 Å². The van der Waals surface area contributed by atoms with E-state index in [1.54, 1.807) is 7.11 Å². The number of benzene rings is 1. The average molecular weight is 482 g/mol. The van der Waals surface area contributed by atoms with Gasteiger partial charge in [-0.1, -0.05) is 36.8 Å². The number of aromatic nitrogens is 1. The van der Waals surface area contributed by atoms with Gasteiger partial charge in [0.1, 0.15) is 11.9 Å². The highest BCUT2D eigenvalue weighted by Crippen LogP contribution is 2.35. The molecule has 0 amide bonds. The number of aryl methyl sites for hydroxylation is 2. The highest BCUT2D eigenvalue weighted by molar-refractivity contribution is 5.76. The molecule has 1 aromatic heterocycles. The Hall–Kier alpha value is -2.48. The number of anilines is 1. The van der Waals surface area contributed by atoms with Gasteiger partial charge < -0.3 is 19.9 Å². The minimum atomic E-state index is -0.839. The minimum absolute atomic E-state index is 0.0906. The van der Waals surface area contributed by atoms with Crippen LogP contribution in [-0.2, 0) is 32.7 Å². The number of nitrogens with zero attached hydrogens (tertiary/aromatic N) is 2. The maximum Gasteiger partial charge on any atom is 0.325 e. The summed E-state index contributed by atoms with van der Waals surface area (Å²) in [6.07, 6.45) is 6.59. The molecule has 1 fully saturated rings. The van der Waals surface area contributed by atoms with Gasteiger partial charge in [0.05, 0.1) is 11.7 Å². The summed E-state index contributed by atoms with van der Waals surface area (Å²) < 4.78 is 11.7. The first-order valence-electron chi connectivity index (χ1n) is 12.8. The van der Waals surface area contributed by atoms with Crippen molar-refractivity contribution >= 4 is 11.8 Å². The van der Waals surface area contributed by atoms with Crippen molar-refractivity contribution in [2.24, 2.45) is 0 Å². The summed E-state index contributed by atoms with van der Waals surface area (Å²) in [6, 6.07) is 11.4. The molecule has 2 aliphatic heterocycles. The van der Waals surface area contributed by atoms with Gasteiger partial charge in [0.2, 0.25) is 0 Å². The van der Waals surface area contributed by atoms with E-state index in [2.05, 4.69) is 17.4 Å². The number of rotatable bonds is 12. The maximum atomic E-state index is 12.2. The zero-order valence-electron chi connectivity index (χ0n) is 21.3. The van der Waals surface area contributed by atoms with E-state index in [1.165, 1.54) is 12.0 Å². The lowest BCUT2D eigenvalue weighted by molar-refractivity contribution is -0.151. The van der Waals surface area contributed by atoms with E-state index in [9.17, 15) is 9.90 Å². The summed E-state index contributed by atoms with van der Waals surface area (Å²) in [6.45, 7) is 6.92. The quantitative estimate of drug-likeness (QED) is 0.430. The molecule has 1 atom stereocenters. The Morgan fingerprint density at radius 3 is 2.77 bits per heavy atom. The highest BCUT2D eigenvalue weighted by Gasteiger charge is 2.40. The van der Waals surface area contributed by atoms with Gasteiger partial charge >= 0.3 is 5.97 Å². The van der Waals surface area contributed by atoms with Crippen LogP contribution in [0, 0.1) is 0 Å². The van der Waals surface area contributed by atoms with Gasteiger partial charge in [0.15, 0.2) is 0 Å². The Kier molecular flexibility index (Phi) is 8.42. The molecule has 0 aliphatic carbocycles. The van der Waals surface area contributed by atoms with Crippen LogP contribution in [0.4, 0.5) is 5.82 Å². The van der Waals surface area contributed by atoms with Crippen LogP contribution in [0.1, 0.15) is 68.0 Å². The van der Waals surface area contributed by atoms with E-state index >= 15 is 0 Å². The third-order valence-corrected chi connectivity index (χ3v) is 7.27. The Morgan fingerprint density at radius 1 is 1.20 bits per heavy atom. The van der Waals surface area contributed by atoms with Crippen molar-refractivity contribution in [3.63, 3.8) is 0 Å². The molecule has 2 aliphatic rings. The molecule has 3 heterocycles. The van der Waals surface area contributed by atoms with Crippen LogP contribution in [0.25, 0.3) is 0 Å². The first-order chi connectivity index (χ1) is 16.9. The molecule has 1 aromatic carbocycles. The van der Waals surface area contributed by atoms with Crippen LogP contribution < -0.4 is 5.32 Å². The number of hydrogen-bond donors (Lipinski definition) is 2. The summed E-state index contributed by atoms with van der Waals surface area (Å²) >= 11 is 0. The first-order valence-corrected chi connectivity index (χ1v) is 12.8. The lowest BCUT2D eigenvalue weighted by Crippen LogP contribution is -2.55. The predicted molar refractivity (Wildman–Crippen MR) is 137 cm³/mol. The summed E-state index contributed by atoms with van der Waals surface area (Å²) in [5.41, 5.74) is 3.62. The number of fused-ring (bicyclic) bond motifs is 1. The molecule has 35 heavy (non-hydrogen) atoms. The second kappa shape index (κ2) is 11.5. The SMILES string of the molecule is COC(C)(C)c1ccccc1C(C(=O)O)N1CC(OCCCCCc2ccc3c(n2)NCCC3)C1. The zero-order valence-corrected chi connectivity index (χ0v) is 21.3. The standard InChI is InChI=1S/C28H39N3O4/c1-28(2,34-3)24-13-7-6-12-23(24)25(27(32)33)31-18-22(19-31)35-17-8-4-5-11-21-15-14-20-10-9-16-29-26(20)30-21/h6-7,12-15,22,25H,4-5,8-11,16-19H2,1-3H3,(H,29,30)(H,32,33). The van der Waals surface area contributed by atoms with Crippen molar-refractivity contribution in [2.45, 2.75) is 70.1 Å². The van der Waals surface area contributed by atoms with Crippen molar-refractivity contribution in [1.29, 1.82) is 0 Å². The molecule has 1 unspecified atom stereocenters.